The molecule has 2 aliphatic rings. The fraction of sp³-hybridized carbons (Fsp3) is 0.391. The first-order chi connectivity index (χ1) is 15.5. The molecule has 2 bridgehead atoms. The number of fused-ring (bicyclic) bond motifs is 5. The van der Waals surface area contributed by atoms with Gasteiger partial charge in [0.2, 0.25) is 5.91 Å². The number of nitrogens with zero attached hydrogens (tertiary/aromatic N) is 4. The SMILES string of the molecule is COc1cccc2c1ccn2CCC(=O)N1C[C@@H]2C[C@H](C1)c1ccc([N+](=O)[O-])c(=O)n1C2. The van der Waals surface area contributed by atoms with Crippen LogP contribution in [0.2, 0.25) is 0 Å². The molecule has 0 unspecified atom stereocenters. The first-order valence-corrected chi connectivity index (χ1v) is 10.7. The summed E-state index contributed by atoms with van der Waals surface area (Å²) in [6.45, 7) is 2.10. The molecule has 0 radical (unpaired) electrons. The van der Waals surface area contributed by atoms with Gasteiger partial charge in [0.15, 0.2) is 0 Å². The van der Waals surface area contributed by atoms with E-state index < -0.39 is 16.2 Å². The Kier molecular flexibility index (Phi) is 4.96. The summed E-state index contributed by atoms with van der Waals surface area (Å²) in [5, 5.41) is 12.1. The second-order valence-electron chi connectivity index (χ2n) is 8.57. The van der Waals surface area contributed by atoms with Gasteiger partial charge in [-0.2, -0.15) is 0 Å². The van der Waals surface area contributed by atoms with Gasteiger partial charge in [-0.1, -0.05) is 6.07 Å². The van der Waals surface area contributed by atoms with Gasteiger partial charge in [-0.15, -0.1) is 0 Å². The second-order valence-corrected chi connectivity index (χ2v) is 8.57. The molecule has 1 saturated heterocycles. The summed E-state index contributed by atoms with van der Waals surface area (Å²) in [5.74, 6) is 1.05. The molecule has 2 aliphatic heterocycles. The number of likely N-dealkylation sites (tertiary alicyclic amines) is 1. The van der Waals surface area contributed by atoms with Gasteiger partial charge >= 0.3 is 11.2 Å². The van der Waals surface area contributed by atoms with E-state index in [-0.39, 0.29) is 17.7 Å². The van der Waals surface area contributed by atoms with Crippen LogP contribution in [-0.2, 0) is 17.9 Å². The van der Waals surface area contributed by atoms with Crippen molar-refractivity contribution in [3.8, 4) is 5.75 Å². The lowest BCUT2D eigenvalue weighted by Crippen LogP contribution is -2.49. The molecule has 1 aromatic carbocycles. The minimum atomic E-state index is -0.629. The van der Waals surface area contributed by atoms with Gasteiger partial charge in [-0.25, -0.2) is 0 Å². The van der Waals surface area contributed by atoms with E-state index in [1.807, 2.05) is 35.4 Å². The standard InChI is InChI=1S/C23H24N4O5/c1-32-21-4-2-3-19-17(21)7-9-24(19)10-8-22(28)25-12-15-11-16(14-25)18-5-6-20(27(30)31)23(29)26(18)13-15/h2-7,9,15-16H,8,10-14H2,1H3/t15-,16+/m0/s1. The van der Waals surface area contributed by atoms with Crippen molar-refractivity contribution in [2.75, 3.05) is 20.2 Å². The number of piperidine rings is 1. The third-order valence-corrected chi connectivity index (χ3v) is 6.69. The van der Waals surface area contributed by atoms with Crippen LogP contribution in [-0.4, -0.2) is 45.1 Å². The van der Waals surface area contributed by atoms with Gasteiger partial charge in [-0.05, 0) is 36.6 Å². The Hall–Kier alpha value is -3.62. The Morgan fingerprint density at radius 1 is 1.19 bits per heavy atom. The molecule has 0 saturated carbocycles. The number of aromatic nitrogens is 2. The van der Waals surface area contributed by atoms with Crippen molar-refractivity contribution in [1.82, 2.24) is 14.0 Å². The van der Waals surface area contributed by atoms with Crippen molar-refractivity contribution < 1.29 is 14.5 Å². The molecule has 32 heavy (non-hydrogen) atoms. The van der Waals surface area contributed by atoms with Crippen LogP contribution in [0.1, 0.15) is 24.5 Å². The van der Waals surface area contributed by atoms with Crippen molar-refractivity contribution in [2.24, 2.45) is 5.92 Å². The fourth-order valence-electron chi connectivity index (χ4n) is 5.22. The Labute approximate surface area is 184 Å². The smallest absolute Gasteiger partial charge is 0.334 e. The molecule has 2 aromatic heterocycles. The van der Waals surface area contributed by atoms with E-state index in [2.05, 4.69) is 4.57 Å². The van der Waals surface area contributed by atoms with Crippen molar-refractivity contribution in [1.29, 1.82) is 0 Å². The number of aryl methyl sites for hydroxylation is 1. The third-order valence-electron chi connectivity index (χ3n) is 6.69. The quantitative estimate of drug-likeness (QED) is 0.452. The number of carbonyl (C=O) groups excluding carboxylic acids is 1. The fourth-order valence-corrected chi connectivity index (χ4v) is 5.22. The lowest BCUT2D eigenvalue weighted by atomic mass is 9.83. The second kappa shape index (κ2) is 7.81. The van der Waals surface area contributed by atoms with E-state index in [4.69, 9.17) is 4.74 Å². The van der Waals surface area contributed by atoms with Crippen LogP contribution in [0.25, 0.3) is 10.9 Å². The number of nitro groups is 1. The maximum Gasteiger partial charge on any atom is 0.334 e. The number of carbonyl (C=O) groups is 1. The van der Waals surface area contributed by atoms with Crippen LogP contribution in [0.15, 0.2) is 47.4 Å². The van der Waals surface area contributed by atoms with Crippen LogP contribution in [0.5, 0.6) is 5.75 Å². The number of hydrogen-bond donors (Lipinski definition) is 0. The summed E-state index contributed by atoms with van der Waals surface area (Å²) in [6, 6.07) is 10.8. The van der Waals surface area contributed by atoms with Gasteiger partial charge in [0, 0.05) is 61.9 Å². The summed E-state index contributed by atoms with van der Waals surface area (Å²) < 4.78 is 9.02. The van der Waals surface area contributed by atoms with Crippen LogP contribution in [0.4, 0.5) is 5.69 Å². The molecule has 166 valence electrons. The third kappa shape index (κ3) is 3.34. The van der Waals surface area contributed by atoms with Gasteiger partial charge in [0.25, 0.3) is 0 Å². The van der Waals surface area contributed by atoms with Crippen molar-refractivity contribution >= 4 is 22.5 Å². The highest BCUT2D eigenvalue weighted by Gasteiger charge is 2.37. The molecule has 3 aromatic rings. The number of ether oxygens (including phenoxy) is 1. The molecular weight excluding hydrogens is 412 g/mol. The maximum absolute atomic E-state index is 13.0. The first-order valence-electron chi connectivity index (χ1n) is 10.7. The predicted molar refractivity (Wildman–Crippen MR) is 118 cm³/mol. The van der Waals surface area contributed by atoms with E-state index in [0.717, 1.165) is 28.8 Å². The van der Waals surface area contributed by atoms with Crippen LogP contribution < -0.4 is 10.3 Å². The van der Waals surface area contributed by atoms with Crippen LogP contribution >= 0.6 is 0 Å². The van der Waals surface area contributed by atoms with E-state index in [1.165, 1.54) is 10.6 Å². The van der Waals surface area contributed by atoms with Gasteiger partial charge < -0.3 is 18.8 Å². The largest absolute Gasteiger partial charge is 0.496 e. The number of hydrogen-bond acceptors (Lipinski definition) is 5. The zero-order valence-electron chi connectivity index (χ0n) is 17.8. The van der Waals surface area contributed by atoms with E-state index in [9.17, 15) is 19.7 Å². The number of methoxy groups -OCH3 is 1. The molecule has 0 aliphatic carbocycles. The lowest BCUT2D eigenvalue weighted by Gasteiger charge is -2.42. The minimum absolute atomic E-state index is 0.0247. The molecular formula is C23H24N4O5. The highest BCUT2D eigenvalue weighted by molar-refractivity contribution is 5.86. The molecule has 4 heterocycles. The molecule has 0 spiro atoms. The molecule has 0 N–H and O–H groups in total. The van der Waals surface area contributed by atoms with E-state index in [0.29, 0.717) is 32.6 Å². The van der Waals surface area contributed by atoms with Crippen molar-refractivity contribution in [3.63, 3.8) is 0 Å². The Morgan fingerprint density at radius 2 is 2.03 bits per heavy atom. The van der Waals surface area contributed by atoms with Crippen LogP contribution in [0, 0.1) is 16.0 Å². The molecule has 1 fully saturated rings. The predicted octanol–water partition coefficient (Wildman–Crippen LogP) is 2.76. The number of amides is 1. The van der Waals surface area contributed by atoms with E-state index >= 15 is 0 Å². The Bertz CT molecular complexity index is 1280. The normalized spacial score (nSPS) is 19.6. The molecule has 9 heteroatoms. The number of rotatable bonds is 5. The monoisotopic (exact) mass is 436 g/mol. The Morgan fingerprint density at radius 3 is 2.81 bits per heavy atom. The molecule has 9 nitrogen and oxygen atoms in total. The molecule has 2 atom stereocenters. The maximum atomic E-state index is 13.0. The molecule has 5 rings (SSSR count). The van der Waals surface area contributed by atoms with Gasteiger partial charge in [0.1, 0.15) is 5.75 Å². The topological polar surface area (TPSA) is 99.6 Å². The summed E-state index contributed by atoms with van der Waals surface area (Å²) in [5.41, 5.74) is 0.884. The first kappa shape index (κ1) is 20.3. The highest BCUT2D eigenvalue weighted by Crippen LogP contribution is 2.36. The number of benzene rings is 1. The Balaban J connectivity index is 1.31. The van der Waals surface area contributed by atoms with Crippen molar-refractivity contribution in [3.05, 3.63) is 68.8 Å². The zero-order valence-corrected chi connectivity index (χ0v) is 17.8. The summed E-state index contributed by atoms with van der Waals surface area (Å²) in [6.07, 6.45) is 3.25. The van der Waals surface area contributed by atoms with Crippen molar-refractivity contribution in [2.45, 2.75) is 31.8 Å². The lowest BCUT2D eigenvalue weighted by molar-refractivity contribution is -0.386. The molecule has 1 amide bonds. The van der Waals surface area contributed by atoms with Crippen LogP contribution in [0.3, 0.4) is 0 Å². The summed E-state index contributed by atoms with van der Waals surface area (Å²) in [7, 11) is 1.65. The van der Waals surface area contributed by atoms with Gasteiger partial charge in [0.05, 0.1) is 17.5 Å². The summed E-state index contributed by atoms with van der Waals surface area (Å²) in [4.78, 5) is 37.9. The zero-order chi connectivity index (χ0) is 22.4. The van der Waals surface area contributed by atoms with E-state index in [1.54, 1.807) is 13.2 Å². The minimum Gasteiger partial charge on any atom is -0.496 e. The average Bonchev–Trinajstić information content (AvgIpc) is 3.21. The van der Waals surface area contributed by atoms with Gasteiger partial charge in [-0.3, -0.25) is 19.7 Å². The highest BCUT2D eigenvalue weighted by atomic mass is 16.6. The average molecular weight is 436 g/mol. The summed E-state index contributed by atoms with van der Waals surface area (Å²) >= 11 is 0. The number of pyridine rings is 1.